The van der Waals surface area contributed by atoms with Crippen molar-refractivity contribution in [3.05, 3.63) is 100 Å². The molecule has 5 heteroatoms. The number of rotatable bonds is 5. The van der Waals surface area contributed by atoms with Crippen molar-refractivity contribution in [3.8, 4) is 0 Å². The maximum absolute atomic E-state index is 13.3. The summed E-state index contributed by atoms with van der Waals surface area (Å²) < 4.78 is 29.5. The molecule has 0 amide bonds. The van der Waals surface area contributed by atoms with Gasteiger partial charge in [-0.25, -0.2) is 8.42 Å². The van der Waals surface area contributed by atoms with Gasteiger partial charge < -0.3 is 4.98 Å². The standard InChI is InChI=1S/C25H26N2O2S/c1-16-8-12-20(13-9-16)25(27-30(28,29)21-14-10-17(2)11-15-21)23-19(4)26-24-18(3)6-5-7-22(23)24/h5-15,25-27H,1-4H3. The molecule has 4 rings (SSSR count). The molecule has 0 fully saturated rings. The molecule has 1 aromatic heterocycles. The Hall–Kier alpha value is -2.89. The van der Waals surface area contributed by atoms with Gasteiger partial charge in [0.2, 0.25) is 10.0 Å². The third kappa shape index (κ3) is 3.78. The number of sulfonamides is 1. The van der Waals surface area contributed by atoms with Crippen molar-refractivity contribution in [1.82, 2.24) is 9.71 Å². The fraction of sp³-hybridized carbons (Fsp3) is 0.200. The minimum atomic E-state index is -3.72. The Labute approximate surface area is 178 Å². The predicted octanol–water partition coefficient (Wildman–Crippen LogP) is 5.47. The minimum Gasteiger partial charge on any atom is -0.358 e. The first-order valence-electron chi connectivity index (χ1n) is 9.99. The van der Waals surface area contributed by atoms with Gasteiger partial charge in [0.1, 0.15) is 0 Å². The van der Waals surface area contributed by atoms with Gasteiger partial charge >= 0.3 is 0 Å². The molecule has 4 aromatic rings. The minimum absolute atomic E-state index is 0.263. The molecule has 0 bridgehead atoms. The van der Waals surface area contributed by atoms with E-state index in [2.05, 4.69) is 22.7 Å². The number of fused-ring (bicyclic) bond motifs is 1. The van der Waals surface area contributed by atoms with Crippen molar-refractivity contribution in [2.75, 3.05) is 0 Å². The maximum Gasteiger partial charge on any atom is 0.241 e. The number of hydrogen-bond acceptors (Lipinski definition) is 2. The first-order valence-corrected chi connectivity index (χ1v) is 11.5. The number of aromatic nitrogens is 1. The third-order valence-electron chi connectivity index (χ3n) is 5.58. The zero-order chi connectivity index (χ0) is 21.5. The smallest absolute Gasteiger partial charge is 0.241 e. The van der Waals surface area contributed by atoms with E-state index >= 15 is 0 Å². The zero-order valence-electron chi connectivity index (χ0n) is 17.7. The number of hydrogen-bond donors (Lipinski definition) is 2. The van der Waals surface area contributed by atoms with E-state index in [-0.39, 0.29) is 4.90 Å². The number of H-pyrrole nitrogens is 1. The summed E-state index contributed by atoms with van der Waals surface area (Å²) in [6.07, 6.45) is 0. The molecule has 154 valence electrons. The molecule has 0 saturated carbocycles. The first-order chi connectivity index (χ1) is 14.3. The lowest BCUT2D eigenvalue weighted by molar-refractivity contribution is 0.572. The lowest BCUT2D eigenvalue weighted by Gasteiger charge is -2.21. The van der Waals surface area contributed by atoms with E-state index in [1.807, 2.05) is 69.3 Å². The van der Waals surface area contributed by atoms with Gasteiger partial charge in [-0.1, -0.05) is 65.7 Å². The summed E-state index contributed by atoms with van der Waals surface area (Å²) in [6.45, 7) is 8.02. The summed E-state index contributed by atoms with van der Waals surface area (Å²) in [5.41, 5.74) is 7.13. The Balaban J connectivity index is 1.88. The van der Waals surface area contributed by atoms with Gasteiger partial charge in [-0.3, -0.25) is 0 Å². The molecule has 30 heavy (non-hydrogen) atoms. The maximum atomic E-state index is 13.3. The van der Waals surface area contributed by atoms with Crippen LogP contribution in [0.25, 0.3) is 10.9 Å². The van der Waals surface area contributed by atoms with Crippen LogP contribution in [0.4, 0.5) is 0 Å². The lowest BCUT2D eigenvalue weighted by Crippen LogP contribution is -2.29. The van der Waals surface area contributed by atoms with Crippen molar-refractivity contribution < 1.29 is 8.42 Å². The largest absolute Gasteiger partial charge is 0.358 e. The van der Waals surface area contributed by atoms with Crippen LogP contribution in [0.2, 0.25) is 0 Å². The van der Waals surface area contributed by atoms with Gasteiger partial charge in [0.25, 0.3) is 0 Å². The molecular formula is C25H26N2O2S. The highest BCUT2D eigenvalue weighted by Crippen LogP contribution is 2.34. The summed E-state index contributed by atoms with van der Waals surface area (Å²) in [5, 5.41) is 1.03. The molecule has 0 aliphatic rings. The highest BCUT2D eigenvalue weighted by Gasteiger charge is 2.27. The number of para-hydroxylation sites is 1. The Kier molecular flexibility index (Phi) is 5.26. The van der Waals surface area contributed by atoms with E-state index in [1.54, 1.807) is 12.1 Å². The van der Waals surface area contributed by atoms with E-state index in [4.69, 9.17) is 0 Å². The molecular weight excluding hydrogens is 392 g/mol. The number of aromatic amines is 1. The van der Waals surface area contributed by atoms with Crippen LogP contribution in [-0.2, 0) is 10.0 Å². The Morgan fingerprint density at radius 1 is 0.800 bits per heavy atom. The molecule has 0 aliphatic heterocycles. The highest BCUT2D eigenvalue weighted by atomic mass is 32.2. The molecule has 2 N–H and O–H groups in total. The van der Waals surface area contributed by atoms with Gasteiger partial charge in [0.15, 0.2) is 0 Å². The molecule has 0 aliphatic carbocycles. The van der Waals surface area contributed by atoms with Crippen molar-refractivity contribution in [2.24, 2.45) is 0 Å². The fourth-order valence-electron chi connectivity index (χ4n) is 3.88. The van der Waals surface area contributed by atoms with Gasteiger partial charge in [-0.15, -0.1) is 0 Å². The Morgan fingerprint density at radius 2 is 1.40 bits per heavy atom. The Morgan fingerprint density at radius 3 is 2.03 bits per heavy atom. The first kappa shape index (κ1) is 20.4. The average molecular weight is 419 g/mol. The molecule has 0 saturated heterocycles. The van der Waals surface area contributed by atoms with Crippen LogP contribution in [0.15, 0.2) is 71.6 Å². The second kappa shape index (κ2) is 7.74. The normalized spacial score (nSPS) is 12.9. The second-order valence-corrected chi connectivity index (χ2v) is 9.65. The van der Waals surface area contributed by atoms with Gasteiger partial charge in [-0.2, -0.15) is 4.72 Å². The highest BCUT2D eigenvalue weighted by molar-refractivity contribution is 7.89. The lowest BCUT2D eigenvalue weighted by atomic mass is 9.96. The van der Waals surface area contributed by atoms with Crippen LogP contribution in [0.3, 0.4) is 0 Å². The third-order valence-corrected chi connectivity index (χ3v) is 7.02. The summed E-state index contributed by atoms with van der Waals surface area (Å²) >= 11 is 0. The van der Waals surface area contributed by atoms with E-state index in [1.165, 1.54) is 0 Å². The van der Waals surface area contributed by atoms with Crippen LogP contribution in [0, 0.1) is 27.7 Å². The van der Waals surface area contributed by atoms with Crippen molar-refractivity contribution in [2.45, 2.75) is 38.6 Å². The zero-order valence-corrected chi connectivity index (χ0v) is 18.5. The van der Waals surface area contributed by atoms with Crippen molar-refractivity contribution in [1.29, 1.82) is 0 Å². The number of benzene rings is 3. The number of aryl methyl sites for hydroxylation is 4. The summed E-state index contributed by atoms with van der Waals surface area (Å²) in [4.78, 5) is 3.72. The summed E-state index contributed by atoms with van der Waals surface area (Å²) in [5.74, 6) is 0. The molecule has 4 nitrogen and oxygen atoms in total. The number of nitrogens with one attached hydrogen (secondary N) is 2. The SMILES string of the molecule is Cc1ccc(C(NS(=O)(=O)c2ccc(C)cc2)c2c(C)[nH]c3c(C)cccc23)cc1. The van der Waals surface area contributed by atoms with Crippen LogP contribution >= 0.6 is 0 Å². The van der Waals surface area contributed by atoms with Crippen molar-refractivity contribution in [3.63, 3.8) is 0 Å². The predicted molar refractivity (Wildman–Crippen MR) is 122 cm³/mol. The van der Waals surface area contributed by atoms with Crippen LogP contribution < -0.4 is 4.72 Å². The topological polar surface area (TPSA) is 62.0 Å². The average Bonchev–Trinajstić information content (AvgIpc) is 3.04. The van der Waals surface area contributed by atoms with Crippen LogP contribution in [0.1, 0.15) is 39.6 Å². The second-order valence-electron chi connectivity index (χ2n) is 7.94. The molecule has 0 spiro atoms. The van der Waals surface area contributed by atoms with Crippen molar-refractivity contribution >= 4 is 20.9 Å². The molecule has 0 radical (unpaired) electrons. The van der Waals surface area contributed by atoms with Crippen LogP contribution in [0.5, 0.6) is 0 Å². The van der Waals surface area contributed by atoms with E-state index < -0.39 is 16.1 Å². The molecule has 3 aromatic carbocycles. The molecule has 1 atom stereocenters. The quantitative estimate of drug-likeness (QED) is 0.451. The van der Waals surface area contributed by atoms with E-state index in [0.29, 0.717) is 0 Å². The monoisotopic (exact) mass is 418 g/mol. The molecule has 1 unspecified atom stereocenters. The Bertz CT molecular complexity index is 1300. The van der Waals surface area contributed by atoms with Crippen LogP contribution in [-0.4, -0.2) is 13.4 Å². The van der Waals surface area contributed by atoms with Gasteiger partial charge in [-0.05, 0) is 51.0 Å². The van der Waals surface area contributed by atoms with E-state index in [0.717, 1.165) is 44.4 Å². The van der Waals surface area contributed by atoms with E-state index in [9.17, 15) is 8.42 Å². The van der Waals surface area contributed by atoms with Gasteiger partial charge in [0.05, 0.1) is 10.9 Å². The van der Waals surface area contributed by atoms with Gasteiger partial charge in [0, 0.05) is 22.2 Å². The summed E-state index contributed by atoms with van der Waals surface area (Å²) in [6, 6.07) is 20.5. The molecule has 1 heterocycles. The fourth-order valence-corrected chi connectivity index (χ4v) is 5.07. The summed E-state index contributed by atoms with van der Waals surface area (Å²) in [7, 11) is -3.72.